The largest absolute Gasteiger partial charge is 0.478 e. The first-order valence-electron chi connectivity index (χ1n) is 7.81. The average molecular weight is 398 g/mol. The van der Waals surface area contributed by atoms with Crippen LogP contribution >= 0.6 is 24.8 Å². The van der Waals surface area contributed by atoms with E-state index in [1.807, 2.05) is 35.3 Å². The molecule has 0 bridgehead atoms. The van der Waals surface area contributed by atoms with Gasteiger partial charge in [-0.15, -0.1) is 24.8 Å². The van der Waals surface area contributed by atoms with Crippen LogP contribution in [-0.4, -0.2) is 27.2 Å². The molecule has 26 heavy (non-hydrogen) atoms. The molecule has 0 radical (unpaired) electrons. The molecule has 2 aromatic heterocycles. The van der Waals surface area contributed by atoms with Crippen LogP contribution in [0, 0.1) is 0 Å². The number of aromatic carboxylic acids is 1. The number of nitrogens with zero attached hydrogens (tertiary/aromatic N) is 2. The van der Waals surface area contributed by atoms with Crippen molar-refractivity contribution in [1.29, 1.82) is 0 Å². The van der Waals surface area contributed by atoms with E-state index in [1.165, 1.54) is 0 Å². The van der Waals surface area contributed by atoms with Crippen LogP contribution in [0.25, 0.3) is 11.3 Å². The van der Waals surface area contributed by atoms with Gasteiger partial charge in [0.05, 0.1) is 18.4 Å². The molecule has 1 aromatic carbocycles. The van der Waals surface area contributed by atoms with Crippen LogP contribution in [0.15, 0.2) is 59.5 Å². The highest BCUT2D eigenvalue weighted by Crippen LogP contribution is 2.23. The zero-order valence-corrected chi connectivity index (χ0v) is 15.6. The lowest BCUT2D eigenvalue weighted by Gasteiger charge is -2.04. The molecule has 8 heteroatoms. The molecule has 3 rings (SSSR count). The molecule has 0 aliphatic carbocycles. The average Bonchev–Trinajstić information content (AvgIpc) is 3.26. The van der Waals surface area contributed by atoms with Gasteiger partial charge in [-0.05, 0) is 37.2 Å². The van der Waals surface area contributed by atoms with E-state index in [4.69, 9.17) is 9.52 Å². The zero-order chi connectivity index (χ0) is 16.8. The first kappa shape index (κ1) is 21.8. The first-order chi connectivity index (χ1) is 11.7. The summed E-state index contributed by atoms with van der Waals surface area (Å²) in [5, 5.41) is 12.4. The highest BCUT2D eigenvalue weighted by molar-refractivity contribution is 5.89. The van der Waals surface area contributed by atoms with Gasteiger partial charge in [0.25, 0.3) is 0 Å². The summed E-state index contributed by atoms with van der Waals surface area (Å²) >= 11 is 0. The Balaban J connectivity index is 0.00000169. The SMILES string of the molecule is Cl.Cl.O=C(O)c1cccc(-c2ccc(CNCCCn3ccnc3)o2)c1. The summed E-state index contributed by atoms with van der Waals surface area (Å²) in [7, 11) is 0. The van der Waals surface area contributed by atoms with Gasteiger partial charge in [-0.1, -0.05) is 12.1 Å². The maximum Gasteiger partial charge on any atom is 0.335 e. The molecule has 0 aliphatic rings. The number of hydrogen-bond donors (Lipinski definition) is 2. The predicted molar refractivity (Wildman–Crippen MR) is 104 cm³/mol. The minimum absolute atomic E-state index is 0. The molecule has 0 aliphatic heterocycles. The molecule has 0 unspecified atom stereocenters. The van der Waals surface area contributed by atoms with Crippen LogP contribution < -0.4 is 5.32 Å². The number of furan rings is 1. The van der Waals surface area contributed by atoms with Gasteiger partial charge in [0.15, 0.2) is 0 Å². The topological polar surface area (TPSA) is 80.3 Å². The molecule has 0 saturated heterocycles. The van der Waals surface area contributed by atoms with Crippen LogP contribution in [-0.2, 0) is 13.1 Å². The molecule has 0 amide bonds. The first-order valence-corrected chi connectivity index (χ1v) is 7.81. The summed E-state index contributed by atoms with van der Waals surface area (Å²) in [6.07, 6.45) is 6.54. The van der Waals surface area contributed by atoms with Crippen LogP contribution in [0.1, 0.15) is 22.5 Å². The Morgan fingerprint density at radius 2 is 2.08 bits per heavy atom. The third-order valence-corrected chi connectivity index (χ3v) is 3.68. The maximum atomic E-state index is 11.0. The van der Waals surface area contributed by atoms with E-state index in [9.17, 15) is 4.79 Å². The lowest BCUT2D eigenvalue weighted by atomic mass is 10.1. The van der Waals surface area contributed by atoms with Gasteiger partial charge in [-0.2, -0.15) is 0 Å². The Labute approximate surface area is 164 Å². The van der Waals surface area contributed by atoms with Crippen molar-refractivity contribution >= 4 is 30.8 Å². The van der Waals surface area contributed by atoms with E-state index >= 15 is 0 Å². The van der Waals surface area contributed by atoms with E-state index in [-0.39, 0.29) is 30.4 Å². The number of aromatic nitrogens is 2. The second-order valence-electron chi connectivity index (χ2n) is 5.48. The van der Waals surface area contributed by atoms with Crippen molar-refractivity contribution < 1.29 is 14.3 Å². The van der Waals surface area contributed by atoms with Crippen molar-refractivity contribution in [1.82, 2.24) is 14.9 Å². The molecular formula is C18H21Cl2N3O3. The fourth-order valence-electron chi connectivity index (χ4n) is 2.45. The van der Waals surface area contributed by atoms with Gasteiger partial charge in [-0.3, -0.25) is 0 Å². The van der Waals surface area contributed by atoms with Crippen LogP contribution in [0.2, 0.25) is 0 Å². The zero-order valence-electron chi connectivity index (χ0n) is 14.0. The van der Waals surface area contributed by atoms with Crippen molar-refractivity contribution in [2.75, 3.05) is 6.54 Å². The number of carboxylic acids is 1. The van der Waals surface area contributed by atoms with Gasteiger partial charge < -0.3 is 19.4 Å². The fourth-order valence-corrected chi connectivity index (χ4v) is 2.45. The highest BCUT2D eigenvalue weighted by atomic mass is 35.5. The minimum Gasteiger partial charge on any atom is -0.478 e. The normalized spacial score (nSPS) is 10.0. The monoisotopic (exact) mass is 397 g/mol. The number of rotatable bonds is 8. The van der Waals surface area contributed by atoms with Crippen LogP contribution in [0.5, 0.6) is 0 Å². The summed E-state index contributed by atoms with van der Waals surface area (Å²) in [6.45, 7) is 2.45. The third-order valence-electron chi connectivity index (χ3n) is 3.68. The summed E-state index contributed by atoms with van der Waals surface area (Å²) in [5.74, 6) is 0.560. The number of benzene rings is 1. The van der Waals surface area contributed by atoms with Gasteiger partial charge in [0.2, 0.25) is 0 Å². The van der Waals surface area contributed by atoms with E-state index < -0.39 is 5.97 Å². The summed E-state index contributed by atoms with van der Waals surface area (Å²) < 4.78 is 7.83. The van der Waals surface area contributed by atoms with Crippen molar-refractivity contribution in [3.63, 3.8) is 0 Å². The molecule has 0 atom stereocenters. The third kappa shape index (κ3) is 5.91. The minimum atomic E-state index is -0.941. The lowest BCUT2D eigenvalue weighted by molar-refractivity contribution is 0.0697. The summed E-state index contributed by atoms with van der Waals surface area (Å²) in [5.41, 5.74) is 1.02. The predicted octanol–water partition coefficient (Wildman–Crippen LogP) is 3.86. The van der Waals surface area contributed by atoms with E-state index in [0.717, 1.165) is 30.8 Å². The quantitative estimate of drug-likeness (QED) is 0.564. The van der Waals surface area contributed by atoms with Crippen molar-refractivity contribution in [3.05, 3.63) is 66.4 Å². The molecular weight excluding hydrogens is 377 g/mol. The van der Waals surface area contributed by atoms with Gasteiger partial charge in [0.1, 0.15) is 11.5 Å². The van der Waals surface area contributed by atoms with E-state index in [1.54, 1.807) is 24.4 Å². The van der Waals surface area contributed by atoms with Crippen LogP contribution in [0.4, 0.5) is 0 Å². The molecule has 2 N–H and O–H groups in total. The Morgan fingerprint density at radius 1 is 1.23 bits per heavy atom. The highest BCUT2D eigenvalue weighted by Gasteiger charge is 2.08. The van der Waals surface area contributed by atoms with Gasteiger partial charge >= 0.3 is 5.97 Å². The van der Waals surface area contributed by atoms with Crippen LogP contribution in [0.3, 0.4) is 0 Å². The number of carbonyl (C=O) groups is 1. The number of halogens is 2. The molecule has 2 heterocycles. The molecule has 0 fully saturated rings. The number of carboxylic acid groups (broad SMARTS) is 1. The standard InChI is InChI=1S/C18H19N3O3.2ClH/c22-18(23)15-4-1-3-14(11-15)17-6-5-16(24-17)12-19-7-2-9-21-10-8-20-13-21;;/h1,3-6,8,10-11,13,19H,2,7,9,12H2,(H,22,23);2*1H. The van der Waals surface area contributed by atoms with Crippen molar-refractivity contribution in [2.45, 2.75) is 19.5 Å². The van der Waals surface area contributed by atoms with Crippen molar-refractivity contribution in [2.24, 2.45) is 0 Å². The fraction of sp³-hybridized carbons (Fsp3) is 0.222. The number of aryl methyl sites for hydroxylation is 1. The van der Waals surface area contributed by atoms with E-state index in [0.29, 0.717) is 12.3 Å². The van der Waals surface area contributed by atoms with Crippen molar-refractivity contribution in [3.8, 4) is 11.3 Å². The Bertz CT molecular complexity index is 804. The van der Waals surface area contributed by atoms with E-state index in [2.05, 4.69) is 10.3 Å². The maximum absolute atomic E-state index is 11.0. The lowest BCUT2D eigenvalue weighted by Crippen LogP contribution is -2.15. The van der Waals surface area contributed by atoms with Gasteiger partial charge in [0, 0.05) is 24.5 Å². The smallest absolute Gasteiger partial charge is 0.335 e. The number of imidazole rings is 1. The number of nitrogens with one attached hydrogen (secondary N) is 1. The summed E-state index contributed by atoms with van der Waals surface area (Å²) in [4.78, 5) is 15.0. The second kappa shape index (κ2) is 10.7. The van der Waals surface area contributed by atoms with Gasteiger partial charge in [-0.25, -0.2) is 9.78 Å². The molecule has 0 saturated carbocycles. The Kier molecular flexibility index (Phi) is 8.92. The molecule has 0 spiro atoms. The molecule has 140 valence electrons. The summed E-state index contributed by atoms with van der Waals surface area (Å²) in [6, 6.07) is 10.5. The Morgan fingerprint density at radius 3 is 2.81 bits per heavy atom. The second-order valence-corrected chi connectivity index (χ2v) is 5.48. The molecule has 3 aromatic rings. The Hall–Kier alpha value is -2.28. The molecule has 6 nitrogen and oxygen atoms in total. The number of hydrogen-bond acceptors (Lipinski definition) is 4.